The van der Waals surface area contributed by atoms with Crippen LogP contribution < -0.4 is 20.2 Å². The smallest absolute Gasteiger partial charge is 0.350 e. The summed E-state index contributed by atoms with van der Waals surface area (Å²) in [5, 5.41) is 17.8. The van der Waals surface area contributed by atoms with Crippen LogP contribution in [0.15, 0.2) is 90.5 Å². The fraction of sp³-hybridized carbons (Fsp3) is 0.405. The van der Waals surface area contributed by atoms with Crippen LogP contribution in [-0.2, 0) is 16.9 Å². The molecular formula is C37H42F2N8O4. The molecule has 5 aromatic rings. The molecule has 3 atom stereocenters. The fourth-order valence-corrected chi connectivity index (χ4v) is 7.19. The largest absolute Gasteiger partial charge is 0.493 e. The van der Waals surface area contributed by atoms with Gasteiger partial charge in [0, 0.05) is 61.7 Å². The molecule has 0 amide bonds. The molecule has 7 rings (SSSR count). The van der Waals surface area contributed by atoms with E-state index in [2.05, 4.69) is 37.1 Å². The third kappa shape index (κ3) is 7.38. The molecule has 2 fully saturated rings. The number of hydrogen-bond acceptors (Lipinski definition) is 9. The highest BCUT2D eigenvalue weighted by Crippen LogP contribution is 2.42. The predicted octanol–water partition coefficient (Wildman–Crippen LogP) is 4.57. The van der Waals surface area contributed by atoms with Gasteiger partial charge in [-0.05, 0) is 73.9 Å². The summed E-state index contributed by atoms with van der Waals surface area (Å²) in [7, 11) is 0. The van der Waals surface area contributed by atoms with E-state index in [1.807, 2.05) is 43.3 Å². The molecule has 2 aromatic heterocycles. The lowest BCUT2D eigenvalue weighted by molar-refractivity contribution is -0.0206. The van der Waals surface area contributed by atoms with Crippen molar-refractivity contribution >= 4 is 11.4 Å². The summed E-state index contributed by atoms with van der Waals surface area (Å²) in [6.45, 7) is 6.40. The van der Waals surface area contributed by atoms with Crippen LogP contribution in [0, 0.1) is 17.6 Å². The van der Waals surface area contributed by atoms with E-state index in [1.54, 1.807) is 21.9 Å². The summed E-state index contributed by atoms with van der Waals surface area (Å²) in [5.41, 5.74) is 2.03. The molecule has 0 radical (unpaired) electrons. The molecule has 3 aromatic carbocycles. The molecule has 1 N–H and O–H groups in total. The van der Waals surface area contributed by atoms with Crippen LogP contribution in [0.2, 0.25) is 0 Å². The van der Waals surface area contributed by atoms with Gasteiger partial charge in [-0.2, -0.15) is 10.2 Å². The molecule has 12 nitrogen and oxygen atoms in total. The number of ether oxygens (including phenoxy) is 2. The fourth-order valence-electron chi connectivity index (χ4n) is 7.19. The highest BCUT2D eigenvalue weighted by Gasteiger charge is 2.44. The maximum absolute atomic E-state index is 15.0. The first-order valence-electron chi connectivity index (χ1n) is 17.4. The summed E-state index contributed by atoms with van der Waals surface area (Å²) in [4.78, 5) is 21.7. The molecular weight excluding hydrogens is 658 g/mol. The zero-order valence-corrected chi connectivity index (χ0v) is 28.5. The van der Waals surface area contributed by atoms with Crippen molar-refractivity contribution < 1.29 is 23.4 Å². The first-order valence-corrected chi connectivity index (χ1v) is 17.4. The predicted molar refractivity (Wildman–Crippen MR) is 187 cm³/mol. The Labute approximate surface area is 294 Å². The van der Waals surface area contributed by atoms with Crippen molar-refractivity contribution in [1.29, 1.82) is 0 Å². The number of aliphatic hydroxyl groups excluding tert-OH is 1. The first-order chi connectivity index (χ1) is 24.9. The van der Waals surface area contributed by atoms with E-state index < -0.39 is 17.2 Å². The monoisotopic (exact) mass is 700 g/mol. The number of benzene rings is 3. The standard InChI is InChI=1S/C37H42F2N8O4/c1-2-29(13-18-48)47-36(49)46(26-42-47)32-6-4-30(5-7-32)43-14-16-44(17-15-43)31-8-10-33(11-9-31)50-21-27-20-37(51-22-27,23-45-25-40-24-41-45)34-12-3-28(38)19-35(34)39/h3-12,19,24-27,29,48H,2,13-18,20-23H2,1H3/t27?,29-,37?/m0/s1. The maximum atomic E-state index is 15.0. The average molecular weight is 701 g/mol. The van der Waals surface area contributed by atoms with Gasteiger partial charge in [-0.1, -0.05) is 13.0 Å². The Morgan fingerprint density at radius 2 is 1.63 bits per heavy atom. The lowest BCUT2D eigenvalue weighted by Crippen LogP contribution is -2.46. The van der Waals surface area contributed by atoms with Crippen LogP contribution >= 0.6 is 0 Å². The number of aromatic nitrogens is 6. The molecule has 4 heterocycles. The zero-order chi connectivity index (χ0) is 35.4. The van der Waals surface area contributed by atoms with E-state index in [1.165, 1.54) is 23.1 Å². The van der Waals surface area contributed by atoms with Gasteiger partial charge in [-0.25, -0.2) is 32.5 Å². The molecule has 2 saturated heterocycles. The third-order valence-corrected chi connectivity index (χ3v) is 9.95. The SMILES string of the molecule is CC[C@@H](CCO)n1ncn(-c2ccc(N3CCN(c4ccc(OCC5COC(Cn6cncn6)(c6ccc(F)cc6F)C5)cc4)CC3)cc2)c1=O. The minimum absolute atomic E-state index is 0.0104. The molecule has 2 aliphatic heterocycles. The molecule has 14 heteroatoms. The van der Waals surface area contributed by atoms with Crippen LogP contribution in [0.1, 0.15) is 37.8 Å². The van der Waals surface area contributed by atoms with Gasteiger partial charge in [0.25, 0.3) is 0 Å². The van der Waals surface area contributed by atoms with E-state index >= 15 is 0 Å². The van der Waals surface area contributed by atoms with Crippen LogP contribution in [0.5, 0.6) is 5.75 Å². The quantitative estimate of drug-likeness (QED) is 0.189. The molecule has 0 aliphatic carbocycles. The van der Waals surface area contributed by atoms with Crippen molar-refractivity contribution in [2.75, 3.05) is 55.8 Å². The van der Waals surface area contributed by atoms with Gasteiger partial charge < -0.3 is 24.4 Å². The van der Waals surface area contributed by atoms with Gasteiger partial charge in [0.1, 0.15) is 42.0 Å². The minimum Gasteiger partial charge on any atom is -0.493 e. The highest BCUT2D eigenvalue weighted by atomic mass is 19.1. The number of hydrogen-bond donors (Lipinski definition) is 1. The number of anilines is 2. The Bertz CT molecular complexity index is 1940. The van der Waals surface area contributed by atoms with E-state index in [0.717, 1.165) is 61.5 Å². The van der Waals surface area contributed by atoms with Gasteiger partial charge in [0.15, 0.2) is 0 Å². The van der Waals surface area contributed by atoms with Crippen molar-refractivity contribution in [1.82, 2.24) is 29.1 Å². The number of rotatable bonds is 13. The van der Waals surface area contributed by atoms with E-state index in [-0.39, 0.29) is 30.8 Å². The van der Waals surface area contributed by atoms with Crippen molar-refractivity contribution in [2.45, 2.75) is 44.4 Å². The Morgan fingerprint density at radius 1 is 0.941 bits per heavy atom. The van der Waals surface area contributed by atoms with Crippen molar-refractivity contribution in [2.24, 2.45) is 5.92 Å². The second-order valence-corrected chi connectivity index (χ2v) is 13.2. The average Bonchev–Trinajstić information content (AvgIpc) is 3.91. The van der Waals surface area contributed by atoms with Crippen LogP contribution in [0.3, 0.4) is 0 Å². The molecule has 0 bridgehead atoms. The maximum Gasteiger partial charge on any atom is 0.350 e. The summed E-state index contributed by atoms with van der Waals surface area (Å²) < 4.78 is 45.7. The van der Waals surface area contributed by atoms with E-state index in [4.69, 9.17) is 9.47 Å². The van der Waals surface area contributed by atoms with Crippen molar-refractivity contribution in [3.63, 3.8) is 0 Å². The second kappa shape index (κ2) is 15.0. The normalized spacial score (nSPS) is 19.8. The zero-order valence-electron chi connectivity index (χ0n) is 28.5. The lowest BCUT2D eigenvalue weighted by atomic mass is 9.87. The van der Waals surface area contributed by atoms with Gasteiger partial charge in [0.05, 0.1) is 31.5 Å². The Morgan fingerprint density at radius 3 is 2.25 bits per heavy atom. The van der Waals surface area contributed by atoms with Gasteiger partial charge >= 0.3 is 5.69 Å². The summed E-state index contributed by atoms with van der Waals surface area (Å²) >= 11 is 0. The first kappa shape index (κ1) is 34.4. The topological polar surface area (TPSA) is 116 Å². The van der Waals surface area contributed by atoms with Gasteiger partial charge in [-0.15, -0.1) is 0 Å². The molecule has 0 saturated carbocycles. The second-order valence-electron chi connectivity index (χ2n) is 13.2. The van der Waals surface area contributed by atoms with Crippen molar-refractivity contribution in [3.05, 3.63) is 113 Å². The minimum atomic E-state index is -1.02. The van der Waals surface area contributed by atoms with Crippen LogP contribution in [-0.4, -0.2) is 80.2 Å². The summed E-state index contributed by atoms with van der Waals surface area (Å²) in [5.74, 6) is -0.557. The van der Waals surface area contributed by atoms with Crippen LogP contribution in [0.4, 0.5) is 20.2 Å². The summed E-state index contributed by atoms with van der Waals surface area (Å²) in [6.07, 6.45) is 6.21. The van der Waals surface area contributed by atoms with Gasteiger partial charge in [-0.3, -0.25) is 0 Å². The number of halogens is 2. The number of nitrogens with zero attached hydrogens (tertiary/aromatic N) is 8. The van der Waals surface area contributed by atoms with Crippen LogP contribution in [0.25, 0.3) is 5.69 Å². The number of piperazine rings is 1. The Balaban J connectivity index is 0.920. The third-order valence-electron chi connectivity index (χ3n) is 9.95. The highest BCUT2D eigenvalue weighted by molar-refractivity contribution is 5.54. The molecule has 51 heavy (non-hydrogen) atoms. The Hall–Kier alpha value is -5.08. The van der Waals surface area contributed by atoms with E-state index in [9.17, 15) is 18.7 Å². The Kier molecular flexibility index (Phi) is 10.1. The lowest BCUT2D eigenvalue weighted by Gasteiger charge is -2.37. The molecule has 0 spiro atoms. The van der Waals surface area contributed by atoms with Gasteiger partial charge in [0.2, 0.25) is 0 Å². The molecule has 2 unspecified atom stereocenters. The molecule has 268 valence electrons. The van der Waals surface area contributed by atoms with Crippen molar-refractivity contribution in [3.8, 4) is 11.4 Å². The van der Waals surface area contributed by atoms with E-state index in [0.29, 0.717) is 31.6 Å². The summed E-state index contributed by atoms with van der Waals surface area (Å²) in [6, 6.07) is 19.5. The molecule has 2 aliphatic rings. The number of aliphatic hydroxyl groups is 1.